The fourth-order valence-corrected chi connectivity index (χ4v) is 2.79. The number of carboxylic acid groups (broad SMARTS) is 1. The molecule has 6 heteroatoms. The first-order valence-corrected chi connectivity index (χ1v) is 8.07. The lowest BCUT2D eigenvalue weighted by Crippen LogP contribution is -2.26. The molecule has 1 heterocycles. The summed E-state index contributed by atoms with van der Waals surface area (Å²) in [6, 6.07) is 13.6. The molecule has 2 N–H and O–H groups in total. The molecule has 0 fully saturated rings. The summed E-state index contributed by atoms with van der Waals surface area (Å²) in [7, 11) is 0. The molecule has 0 bridgehead atoms. The molecule has 5 nitrogen and oxygen atoms in total. The first-order chi connectivity index (χ1) is 12.0. The van der Waals surface area contributed by atoms with E-state index in [1.807, 2.05) is 6.07 Å². The van der Waals surface area contributed by atoms with Crippen molar-refractivity contribution < 1.29 is 14.7 Å². The van der Waals surface area contributed by atoms with Gasteiger partial charge in [-0.3, -0.25) is 9.78 Å². The van der Waals surface area contributed by atoms with Gasteiger partial charge in [0.15, 0.2) is 0 Å². The van der Waals surface area contributed by atoms with Gasteiger partial charge in [-0.05, 0) is 42.3 Å². The second-order valence-electron chi connectivity index (χ2n) is 5.54. The van der Waals surface area contributed by atoms with Crippen LogP contribution < -0.4 is 5.32 Å². The van der Waals surface area contributed by atoms with Crippen molar-refractivity contribution in [3.05, 3.63) is 76.4 Å². The van der Waals surface area contributed by atoms with Gasteiger partial charge in [-0.1, -0.05) is 29.8 Å². The number of halogens is 1. The number of carbonyl (C=O) groups is 2. The van der Waals surface area contributed by atoms with Gasteiger partial charge < -0.3 is 10.4 Å². The van der Waals surface area contributed by atoms with Crippen LogP contribution in [0.4, 0.5) is 0 Å². The highest BCUT2D eigenvalue weighted by Crippen LogP contribution is 2.22. The van der Waals surface area contributed by atoms with Gasteiger partial charge in [0.2, 0.25) is 0 Å². The van der Waals surface area contributed by atoms with Crippen LogP contribution in [0.25, 0.3) is 10.9 Å². The number of amides is 1. The number of hydrogen-bond acceptors (Lipinski definition) is 3. The van der Waals surface area contributed by atoms with Gasteiger partial charge in [-0.2, -0.15) is 0 Å². The first-order valence-electron chi connectivity index (χ1n) is 7.69. The molecule has 0 atom stereocenters. The average Bonchev–Trinajstić information content (AvgIpc) is 2.61. The average molecular weight is 355 g/mol. The molecule has 3 aromatic rings. The van der Waals surface area contributed by atoms with Crippen LogP contribution in [-0.2, 0) is 6.42 Å². The third-order valence-corrected chi connectivity index (χ3v) is 4.03. The van der Waals surface area contributed by atoms with Crippen LogP contribution in [-0.4, -0.2) is 28.5 Å². The molecule has 0 saturated carbocycles. The Kier molecular flexibility index (Phi) is 4.95. The standard InChI is InChI=1S/C19H15ClN2O3/c20-15-10-14-2-1-8-21-17(14)16(11-15)18(23)22-9-7-12-3-5-13(6-4-12)19(24)25/h1-6,8,10-11H,7,9H2,(H,22,23)(H,24,25). The van der Waals surface area contributed by atoms with Crippen molar-refractivity contribution in [2.75, 3.05) is 6.54 Å². The molecule has 0 unspecified atom stereocenters. The van der Waals surface area contributed by atoms with E-state index in [0.717, 1.165) is 10.9 Å². The summed E-state index contributed by atoms with van der Waals surface area (Å²) in [5, 5.41) is 13.0. The Bertz CT molecular complexity index is 939. The third kappa shape index (κ3) is 3.95. The number of pyridine rings is 1. The van der Waals surface area contributed by atoms with Gasteiger partial charge in [0, 0.05) is 23.2 Å². The van der Waals surface area contributed by atoms with Crippen LogP contribution in [0.1, 0.15) is 26.3 Å². The summed E-state index contributed by atoms with van der Waals surface area (Å²) in [5.41, 5.74) is 2.23. The maximum Gasteiger partial charge on any atom is 0.335 e. The molecule has 126 valence electrons. The Morgan fingerprint density at radius 2 is 1.88 bits per heavy atom. The molecule has 0 aliphatic heterocycles. The van der Waals surface area contributed by atoms with Crippen molar-refractivity contribution in [3.63, 3.8) is 0 Å². The number of aromatic carboxylic acids is 1. The molecule has 0 radical (unpaired) electrons. The number of carbonyl (C=O) groups excluding carboxylic acids is 1. The van der Waals surface area contributed by atoms with Gasteiger partial charge in [-0.15, -0.1) is 0 Å². The maximum absolute atomic E-state index is 12.5. The number of nitrogens with one attached hydrogen (secondary N) is 1. The molecule has 3 rings (SSSR count). The van der Waals surface area contributed by atoms with E-state index < -0.39 is 5.97 Å². The Labute approximate surface area is 149 Å². The molecule has 25 heavy (non-hydrogen) atoms. The first kappa shape index (κ1) is 16.9. The van der Waals surface area contributed by atoms with Crippen LogP contribution >= 0.6 is 11.6 Å². The molecule has 1 aromatic heterocycles. The lowest BCUT2D eigenvalue weighted by Gasteiger charge is -2.08. The smallest absolute Gasteiger partial charge is 0.335 e. The van der Waals surface area contributed by atoms with Crippen LogP contribution in [0, 0.1) is 0 Å². The van der Waals surface area contributed by atoms with Gasteiger partial charge in [0.1, 0.15) is 0 Å². The normalized spacial score (nSPS) is 10.6. The molecular formula is C19H15ClN2O3. The number of rotatable bonds is 5. The summed E-state index contributed by atoms with van der Waals surface area (Å²) < 4.78 is 0. The van der Waals surface area contributed by atoms with Gasteiger partial charge in [-0.25, -0.2) is 4.79 Å². The second kappa shape index (κ2) is 7.32. The number of benzene rings is 2. The zero-order chi connectivity index (χ0) is 17.8. The van der Waals surface area contributed by atoms with E-state index in [1.54, 1.807) is 48.7 Å². The molecule has 1 amide bonds. The number of carboxylic acids is 1. The Morgan fingerprint density at radius 3 is 2.60 bits per heavy atom. The summed E-state index contributed by atoms with van der Waals surface area (Å²) >= 11 is 6.08. The van der Waals surface area contributed by atoms with Crippen LogP contribution in [0.3, 0.4) is 0 Å². The monoisotopic (exact) mass is 354 g/mol. The summed E-state index contributed by atoms with van der Waals surface area (Å²) in [6.07, 6.45) is 2.23. The Morgan fingerprint density at radius 1 is 1.12 bits per heavy atom. The fraction of sp³-hybridized carbons (Fsp3) is 0.105. The largest absolute Gasteiger partial charge is 0.478 e. The molecular weight excluding hydrogens is 340 g/mol. The van der Waals surface area contributed by atoms with Gasteiger partial charge >= 0.3 is 5.97 Å². The van der Waals surface area contributed by atoms with Gasteiger partial charge in [0.25, 0.3) is 5.91 Å². The van der Waals surface area contributed by atoms with E-state index in [0.29, 0.717) is 29.1 Å². The van der Waals surface area contributed by atoms with E-state index in [-0.39, 0.29) is 11.5 Å². The van der Waals surface area contributed by atoms with Crippen molar-refractivity contribution in [2.45, 2.75) is 6.42 Å². The fourth-order valence-electron chi connectivity index (χ4n) is 2.56. The van der Waals surface area contributed by atoms with Crippen LogP contribution in [0.15, 0.2) is 54.7 Å². The van der Waals surface area contributed by atoms with Gasteiger partial charge in [0.05, 0.1) is 16.6 Å². The number of hydrogen-bond donors (Lipinski definition) is 2. The summed E-state index contributed by atoms with van der Waals surface area (Å²) in [6.45, 7) is 0.423. The number of nitrogens with zero attached hydrogens (tertiary/aromatic N) is 1. The van der Waals surface area contributed by atoms with Crippen molar-refractivity contribution in [1.82, 2.24) is 10.3 Å². The highest BCUT2D eigenvalue weighted by Gasteiger charge is 2.12. The minimum Gasteiger partial charge on any atom is -0.478 e. The van der Waals surface area contributed by atoms with E-state index in [9.17, 15) is 9.59 Å². The molecule has 2 aromatic carbocycles. The van der Waals surface area contributed by atoms with Crippen LogP contribution in [0.5, 0.6) is 0 Å². The molecule has 0 saturated heterocycles. The predicted molar refractivity (Wildman–Crippen MR) is 96.2 cm³/mol. The van der Waals surface area contributed by atoms with Crippen molar-refractivity contribution >= 4 is 34.4 Å². The maximum atomic E-state index is 12.5. The second-order valence-corrected chi connectivity index (χ2v) is 5.97. The van der Waals surface area contributed by atoms with Crippen molar-refractivity contribution in [3.8, 4) is 0 Å². The molecule has 0 aliphatic carbocycles. The lowest BCUT2D eigenvalue weighted by atomic mass is 10.1. The highest BCUT2D eigenvalue weighted by atomic mass is 35.5. The SMILES string of the molecule is O=C(O)c1ccc(CCNC(=O)c2cc(Cl)cc3cccnc23)cc1. The van der Waals surface area contributed by atoms with Crippen molar-refractivity contribution in [1.29, 1.82) is 0 Å². The number of fused-ring (bicyclic) bond motifs is 1. The van der Waals surface area contributed by atoms with E-state index in [4.69, 9.17) is 16.7 Å². The minimum atomic E-state index is -0.958. The van der Waals surface area contributed by atoms with E-state index in [2.05, 4.69) is 10.3 Å². The highest BCUT2D eigenvalue weighted by molar-refractivity contribution is 6.32. The Balaban J connectivity index is 1.68. The summed E-state index contributed by atoms with van der Waals surface area (Å²) in [4.78, 5) is 27.6. The quantitative estimate of drug-likeness (QED) is 0.734. The van der Waals surface area contributed by atoms with Crippen LogP contribution in [0.2, 0.25) is 5.02 Å². The molecule has 0 aliphatic rings. The molecule has 0 spiro atoms. The third-order valence-electron chi connectivity index (χ3n) is 3.81. The van der Waals surface area contributed by atoms with Crippen molar-refractivity contribution in [2.24, 2.45) is 0 Å². The van der Waals surface area contributed by atoms with E-state index >= 15 is 0 Å². The minimum absolute atomic E-state index is 0.240. The van der Waals surface area contributed by atoms with E-state index in [1.165, 1.54) is 0 Å². The Hall–Kier alpha value is -2.92. The number of aromatic nitrogens is 1. The zero-order valence-electron chi connectivity index (χ0n) is 13.2. The summed E-state index contributed by atoms with van der Waals surface area (Å²) in [5.74, 6) is -1.20. The predicted octanol–water partition coefficient (Wildman–Crippen LogP) is 3.56. The zero-order valence-corrected chi connectivity index (χ0v) is 14.0. The topological polar surface area (TPSA) is 79.3 Å². The lowest BCUT2D eigenvalue weighted by molar-refractivity contribution is 0.0696.